The van der Waals surface area contributed by atoms with Gasteiger partial charge in [0.1, 0.15) is 0 Å². The molecule has 1 rings (SSSR count). The summed E-state index contributed by atoms with van der Waals surface area (Å²) in [6, 6.07) is 0. The zero-order chi connectivity index (χ0) is 10.4. The molecule has 0 aromatic carbocycles. The predicted octanol–water partition coefficient (Wildman–Crippen LogP) is 0.468. The number of H-pyrrole nitrogens is 1. The van der Waals surface area contributed by atoms with Crippen LogP contribution in [0.2, 0.25) is 0 Å². The molecule has 0 radical (unpaired) electrons. The first kappa shape index (κ1) is 10.2. The van der Waals surface area contributed by atoms with Crippen LogP contribution in [0.15, 0.2) is 12.4 Å². The molecule has 0 aliphatic rings. The summed E-state index contributed by atoms with van der Waals surface area (Å²) < 4.78 is 4.47. The molecule has 6 nitrogen and oxygen atoms in total. The Balaban J connectivity index is 2.19. The fourth-order valence-corrected chi connectivity index (χ4v) is 0.942. The predicted molar refractivity (Wildman–Crippen MR) is 47.7 cm³/mol. The van der Waals surface area contributed by atoms with Gasteiger partial charge in [0.25, 0.3) is 0 Å². The van der Waals surface area contributed by atoms with Crippen LogP contribution in [0.3, 0.4) is 0 Å². The van der Waals surface area contributed by atoms with Crippen LogP contribution in [0.25, 0.3) is 0 Å². The number of ketones is 1. The number of nitrogens with zero attached hydrogens (tertiary/aromatic N) is 1. The minimum atomic E-state index is -0.824. The summed E-state index contributed by atoms with van der Waals surface area (Å²) in [5, 5.41) is 0. The zero-order valence-corrected chi connectivity index (χ0v) is 7.53. The molecule has 0 atom stereocenters. The maximum absolute atomic E-state index is 11.3. The Morgan fingerprint density at radius 2 is 2.36 bits per heavy atom. The van der Waals surface area contributed by atoms with Crippen LogP contribution in [0.5, 0.6) is 0 Å². The minimum Gasteiger partial charge on any atom is -0.450 e. The number of nitrogens with two attached hydrogens (primary N) is 1. The van der Waals surface area contributed by atoms with Crippen LogP contribution < -0.4 is 5.73 Å². The molecule has 0 aliphatic heterocycles. The number of rotatable bonds is 5. The molecule has 0 spiro atoms. The summed E-state index contributed by atoms with van der Waals surface area (Å²) in [5.41, 5.74) is 4.74. The standard InChI is InChI=1S/C8H11N3O3/c9-8(13)14-5-1-2-6(12)7-10-3-4-11-7/h3-4H,1-2,5H2,(H2,9,13)(H,10,11). The van der Waals surface area contributed by atoms with Crippen LogP contribution >= 0.6 is 0 Å². The second-order valence-electron chi connectivity index (χ2n) is 2.63. The van der Waals surface area contributed by atoms with E-state index in [9.17, 15) is 9.59 Å². The third kappa shape index (κ3) is 3.26. The van der Waals surface area contributed by atoms with Crippen molar-refractivity contribution in [3.8, 4) is 0 Å². The number of primary amides is 1. The van der Waals surface area contributed by atoms with Crippen LogP contribution in [0.4, 0.5) is 4.79 Å². The van der Waals surface area contributed by atoms with Gasteiger partial charge in [-0.25, -0.2) is 9.78 Å². The minimum absolute atomic E-state index is 0.108. The topological polar surface area (TPSA) is 98.1 Å². The fourth-order valence-electron chi connectivity index (χ4n) is 0.942. The van der Waals surface area contributed by atoms with E-state index in [2.05, 4.69) is 14.7 Å². The molecular formula is C8H11N3O3. The van der Waals surface area contributed by atoms with Crippen molar-refractivity contribution in [3.05, 3.63) is 18.2 Å². The van der Waals surface area contributed by atoms with Gasteiger partial charge < -0.3 is 15.5 Å². The monoisotopic (exact) mass is 197 g/mol. The zero-order valence-electron chi connectivity index (χ0n) is 7.53. The van der Waals surface area contributed by atoms with Crippen molar-refractivity contribution in [2.45, 2.75) is 12.8 Å². The van der Waals surface area contributed by atoms with Gasteiger partial charge in [0.2, 0.25) is 0 Å². The Morgan fingerprint density at radius 1 is 1.57 bits per heavy atom. The third-order valence-corrected chi connectivity index (χ3v) is 1.55. The lowest BCUT2D eigenvalue weighted by Crippen LogP contribution is -2.14. The normalized spacial score (nSPS) is 9.71. The van der Waals surface area contributed by atoms with Gasteiger partial charge in [0.15, 0.2) is 11.6 Å². The van der Waals surface area contributed by atoms with Gasteiger partial charge >= 0.3 is 6.09 Å². The number of hydrogen-bond acceptors (Lipinski definition) is 4. The average Bonchev–Trinajstić information content (AvgIpc) is 2.64. The average molecular weight is 197 g/mol. The van der Waals surface area contributed by atoms with E-state index in [0.717, 1.165) is 0 Å². The fraction of sp³-hybridized carbons (Fsp3) is 0.375. The number of imidazole rings is 1. The van der Waals surface area contributed by atoms with E-state index in [4.69, 9.17) is 5.73 Å². The van der Waals surface area contributed by atoms with Crippen LogP contribution in [0.1, 0.15) is 23.5 Å². The molecule has 1 heterocycles. The summed E-state index contributed by atoms with van der Waals surface area (Å²) in [7, 11) is 0. The molecule has 76 valence electrons. The quantitative estimate of drug-likeness (QED) is 0.529. The number of hydrogen-bond donors (Lipinski definition) is 2. The third-order valence-electron chi connectivity index (χ3n) is 1.55. The molecular weight excluding hydrogens is 186 g/mol. The smallest absolute Gasteiger partial charge is 0.404 e. The lowest BCUT2D eigenvalue weighted by Gasteiger charge is -1.99. The van der Waals surface area contributed by atoms with Crippen molar-refractivity contribution in [2.75, 3.05) is 6.61 Å². The second kappa shape index (κ2) is 5.00. The van der Waals surface area contributed by atoms with E-state index in [0.29, 0.717) is 12.2 Å². The van der Waals surface area contributed by atoms with Crippen LogP contribution in [-0.2, 0) is 4.74 Å². The number of ether oxygens (including phenoxy) is 1. The highest BCUT2D eigenvalue weighted by molar-refractivity contribution is 5.92. The van der Waals surface area contributed by atoms with Gasteiger partial charge in [-0.15, -0.1) is 0 Å². The van der Waals surface area contributed by atoms with E-state index in [1.807, 2.05) is 0 Å². The number of aromatic nitrogens is 2. The molecule has 0 unspecified atom stereocenters. The van der Waals surface area contributed by atoms with Crippen molar-refractivity contribution >= 4 is 11.9 Å². The molecule has 3 N–H and O–H groups in total. The number of nitrogens with one attached hydrogen (secondary N) is 1. The number of carbonyl (C=O) groups excluding carboxylic acids is 2. The molecule has 14 heavy (non-hydrogen) atoms. The highest BCUT2D eigenvalue weighted by Crippen LogP contribution is 1.99. The summed E-state index contributed by atoms with van der Waals surface area (Å²) in [4.78, 5) is 27.9. The van der Waals surface area contributed by atoms with Gasteiger partial charge in [-0.05, 0) is 6.42 Å². The summed E-state index contributed by atoms with van der Waals surface area (Å²) in [6.45, 7) is 0.155. The highest BCUT2D eigenvalue weighted by Gasteiger charge is 2.07. The Hall–Kier alpha value is -1.85. The number of Topliss-reactive ketones (excluding diaryl/α,β-unsaturated/α-hetero) is 1. The maximum Gasteiger partial charge on any atom is 0.404 e. The van der Waals surface area contributed by atoms with Gasteiger partial charge in [0.05, 0.1) is 6.61 Å². The van der Waals surface area contributed by atoms with Crippen molar-refractivity contribution in [2.24, 2.45) is 5.73 Å². The molecule has 0 saturated heterocycles. The van der Waals surface area contributed by atoms with Crippen molar-refractivity contribution in [3.63, 3.8) is 0 Å². The van der Waals surface area contributed by atoms with Crippen molar-refractivity contribution in [1.82, 2.24) is 9.97 Å². The van der Waals surface area contributed by atoms with Crippen LogP contribution in [-0.4, -0.2) is 28.5 Å². The van der Waals surface area contributed by atoms with Crippen molar-refractivity contribution in [1.29, 1.82) is 0 Å². The second-order valence-corrected chi connectivity index (χ2v) is 2.63. The van der Waals surface area contributed by atoms with Gasteiger partial charge in [0, 0.05) is 18.8 Å². The highest BCUT2D eigenvalue weighted by atomic mass is 16.5. The molecule has 0 aliphatic carbocycles. The SMILES string of the molecule is NC(=O)OCCCC(=O)c1ncc[nH]1. The Labute approximate surface area is 80.5 Å². The molecule has 1 amide bonds. The van der Waals surface area contributed by atoms with Gasteiger partial charge in [-0.2, -0.15) is 0 Å². The Kier molecular flexibility index (Phi) is 3.66. The van der Waals surface area contributed by atoms with E-state index in [1.165, 1.54) is 6.20 Å². The Bertz CT molecular complexity index is 308. The van der Waals surface area contributed by atoms with E-state index < -0.39 is 6.09 Å². The summed E-state index contributed by atoms with van der Waals surface area (Å²) >= 11 is 0. The molecule has 1 aromatic rings. The summed E-state index contributed by atoms with van der Waals surface area (Å²) in [5.74, 6) is 0.215. The largest absolute Gasteiger partial charge is 0.450 e. The lowest BCUT2D eigenvalue weighted by atomic mass is 10.2. The maximum atomic E-state index is 11.3. The van der Waals surface area contributed by atoms with Gasteiger partial charge in [-0.1, -0.05) is 0 Å². The van der Waals surface area contributed by atoms with Crippen LogP contribution in [0, 0.1) is 0 Å². The lowest BCUT2D eigenvalue weighted by molar-refractivity contribution is 0.0954. The first-order valence-electron chi connectivity index (χ1n) is 4.15. The molecule has 0 fully saturated rings. The van der Waals surface area contributed by atoms with E-state index >= 15 is 0 Å². The molecule has 1 aromatic heterocycles. The Morgan fingerprint density at radius 3 is 2.93 bits per heavy atom. The molecule has 0 bridgehead atoms. The molecule has 6 heteroatoms. The number of aromatic amines is 1. The first-order valence-corrected chi connectivity index (χ1v) is 4.15. The van der Waals surface area contributed by atoms with E-state index in [-0.39, 0.29) is 18.8 Å². The first-order chi connectivity index (χ1) is 6.70. The number of amides is 1. The molecule has 0 saturated carbocycles. The van der Waals surface area contributed by atoms with E-state index in [1.54, 1.807) is 6.20 Å². The number of carbonyl (C=O) groups is 2. The van der Waals surface area contributed by atoms with Gasteiger partial charge in [-0.3, -0.25) is 4.79 Å². The summed E-state index contributed by atoms with van der Waals surface area (Å²) in [6.07, 6.45) is 2.99. The van der Waals surface area contributed by atoms with Crippen molar-refractivity contribution < 1.29 is 14.3 Å².